The van der Waals surface area contributed by atoms with Gasteiger partial charge in [-0.25, -0.2) is 0 Å². The lowest BCUT2D eigenvalue weighted by Crippen LogP contribution is -2.53. The largest absolute Gasteiger partial charge is 0.282 e. The van der Waals surface area contributed by atoms with E-state index in [1.165, 1.54) is 0 Å². The summed E-state index contributed by atoms with van der Waals surface area (Å²) in [5.74, 6) is 0.698. The summed E-state index contributed by atoms with van der Waals surface area (Å²) in [6.45, 7) is 9.10. The molecule has 0 saturated carbocycles. The Labute approximate surface area is 123 Å². The highest BCUT2D eigenvalue weighted by Crippen LogP contribution is 2.25. The summed E-state index contributed by atoms with van der Waals surface area (Å²) in [5.41, 5.74) is 0. The summed E-state index contributed by atoms with van der Waals surface area (Å²) in [7, 11) is -3.40. The predicted octanol–water partition coefficient (Wildman–Crippen LogP) is 2.69. The molecule has 1 saturated heterocycles. The average Bonchev–Trinajstić information content (AvgIpc) is 2.35. The van der Waals surface area contributed by atoms with Crippen LogP contribution in [-0.2, 0) is 10.2 Å². The maximum Gasteiger partial charge on any atom is 0.282 e. The van der Waals surface area contributed by atoms with Gasteiger partial charge in [0.25, 0.3) is 10.2 Å². The number of hydrogen-bond acceptors (Lipinski definition) is 2. The highest BCUT2D eigenvalue weighted by atomic mass is 35.5. The zero-order valence-electron chi connectivity index (χ0n) is 12.5. The van der Waals surface area contributed by atoms with Crippen LogP contribution < -0.4 is 0 Å². The van der Waals surface area contributed by atoms with Crippen molar-refractivity contribution in [1.29, 1.82) is 0 Å². The fourth-order valence-corrected chi connectivity index (χ4v) is 5.11. The number of halogens is 1. The molecule has 1 aliphatic rings. The van der Waals surface area contributed by atoms with Crippen LogP contribution in [0.4, 0.5) is 0 Å². The molecule has 1 rings (SSSR count). The molecule has 0 radical (unpaired) electrons. The van der Waals surface area contributed by atoms with Crippen molar-refractivity contribution >= 4 is 21.8 Å². The molecule has 4 nitrogen and oxygen atoms in total. The lowest BCUT2D eigenvalue weighted by atomic mass is 10.1. The van der Waals surface area contributed by atoms with Gasteiger partial charge >= 0.3 is 0 Å². The van der Waals surface area contributed by atoms with Gasteiger partial charge in [0, 0.05) is 31.1 Å². The summed E-state index contributed by atoms with van der Waals surface area (Å²) in [6.07, 6.45) is 2.87. The Kier molecular flexibility index (Phi) is 6.57. The van der Waals surface area contributed by atoms with Crippen LogP contribution in [0.3, 0.4) is 0 Å². The number of alkyl halides is 1. The van der Waals surface area contributed by atoms with Gasteiger partial charge in [0.15, 0.2) is 0 Å². The summed E-state index contributed by atoms with van der Waals surface area (Å²) in [4.78, 5) is 0. The molecular formula is C13H27ClN2O2S. The van der Waals surface area contributed by atoms with Crippen molar-refractivity contribution in [2.45, 2.75) is 59.0 Å². The SMILES string of the molecule is CC(C)CN(C(C)C)S(=O)(=O)N1CCCCC1CCl. The summed E-state index contributed by atoms with van der Waals surface area (Å²) >= 11 is 5.95. The van der Waals surface area contributed by atoms with Crippen LogP contribution >= 0.6 is 11.6 Å². The molecular weight excluding hydrogens is 284 g/mol. The molecule has 0 amide bonds. The van der Waals surface area contributed by atoms with Gasteiger partial charge in [0.05, 0.1) is 0 Å². The Morgan fingerprint density at radius 2 is 1.89 bits per heavy atom. The fourth-order valence-electron chi connectivity index (χ4n) is 2.50. The summed E-state index contributed by atoms with van der Waals surface area (Å²) in [5, 5.41) is 0. The first-order valence-electron chi connectivity index (χ1n) is 7.15. The monoisotopic (exact) mass is 310 g/mol. The third-order valence-electron chi connectivity index (χ3n) is 3.46. The van der Waals surface area contributed by atoms with E-state index in [0.717, 1.165) is 19.3 Å². The molecule has 114 valence electrons. The Balaban J connectivity index is 2.97. The van der Waals surface area contributed by atoms with Gasteiger partial charge in [0.1, 0.15) is 0 Å². The van der Waals surface area contributed by atoms with E-state index in [-0.39, 0.29) is 12.1 Å². The van der Waals surface area contributed by atoms with Gasteiger partial charge in [0.2, 0.25) is 0 Å². The second-order valence-electron chi connectivity index (χ2n) is 5.98. The van der Waals surface area contributed by atoms with Crippen molar-refractivity contribution in [3.05, 3.63) is 0 Å². The lowest BCUT2D eigenvalue weighted by Gasteiger charge is -2.39. The van der Waals surface area contributed by atoms with Gasteiger partial charge < -0.3 is 0 Å². The van der Waals surface area contributed by atoms with Crippen LogP contribution in [0.25, 0.3) is 0 Å². The number of piperidine rings is 1. The Hall–Kier alpha value is 0.160. The first-order valence-corrected chi connectivity index (χ1v) is 9.08. The van der Waals surface area contributed by atoms with Crippen molar-refractivity contribution in [2.24, 2.45) is 5.92 Å². The molecule has 0 aromatic heterocycles. The maximum atomic E-state index is 12.8. The zero-order chi connectivity index (χ0) is 14.6. The zero-order valence-corrected chi connectivity index (χ0v) is 14.0. The van der Waals surface area contributed by atoms with Crippen molar-refractivity contribution < 1.29 is 8.42 Å². The molecule has 0 aliphatic carbocycles. The third kappa shape index (κ3) is 4.31. The van der Waals surface area contributed by atoms with E-state index in [1.807, 2.05) is 27.7 Å². The molecule has 0 spiro atoms. The molecule has 0 aromatic carbocycles. The van der Waals surface area contributed by atoms with Gasteiger partial charge in [-0.2, -0.15) is 17.0 Å². The van der Waals surface area contributed by atoms with E-state index in [2.05, 4.69) is 0 Å². The van der Waals surface area contributed by atoms with Crippen LogP contribution in [-0.4, -0.2) is 48.1 Å². The van der Waals surface area contributed by atoms with Crippen LogP contribution in [0, 0.1) is 5.92 Å². The molecule has 1 fully saturated rings. The molecule has 0 bridgehead atoms. The van der Waals surface area contributed by atoms with E-state index in [1.54, 1.807) is 8.61 Å². The van der Waals surface area contributed by atoms with Crippen molar-refractivity contribution in [3.63, 3.8) is 0 Å². The summed E-state index contributed by atoms with van der Waals surface area (Å²) < 4.78 is 28.9. The Morgan fingerprint density at radius 1 is 1.26 bits per heavy atom. The van der Waals surface area contributed by atoms with E-state index in [0.29, 0.717) is 24.9 Å². The molecule has 1 heterocycles. The van der Waals surface area contributed by atoms with Gasteiger partial charge in [-0.15, -0.1) is 11.6 Å². The normalized spacial score (nSPS) is 22.6. The van der Waals surface area contributed by atoms with E-state index in [9.17, 15) is 8.42 Å². The summed E-state index contributed by atoms with van der Waals surface area (Å²) in [6, 6.07) is -0.0702. The van der Waals surface area contributed by atoms with Crippen molar-refractivity contribution in [3.8, 4) is 0 Å². The molecule has 1 atom stereocenters. The minimum atomic E-state index is -3.40. The van der Waals surface area contributed by atoms with Crippen molar-refractivity contribution in [1.82, 2.24) is 8.61 Å². The van der Waals surface area contributed by atoms with E-state index >= 15 is 0 Å². The molecule has 0 N–H and O–H groups in total. The second kappa shape index (κ2) is 7.25. The molecule has 6 heteroatoms. The number of nitrogens with zero attached hydrogens (tertiary/aromatic N) is 2. The molecule has 1 aliphatic heterocycles. The number of rotatable bonds is 6. The highest BCUT2D eigenvalue weighted by molar-refractivity contribution is 7.86. The van der Waals surface area contributed by atoms with Gasteiger partial charge in [-0.1, -0.05) is 20.3 Å². The highest BCUT2D eigenvalue weighted by Gasteiger charge is 2.37. The van der Waals surface area contributed by atoms with Crippen molar-refractivity contribution in [2.75, 3.05) is 19.0 Å². The standard InChI is InChI=1S/C13H27ClN2O2S/c1-11(2)10-16(12(3)4)19(17,18)15-8-6-5-7-13(15)9-14/h11-13H,5-10H2,1-4H3. The Bertz CT molecular complexity index is 363. The minimum Gasteiger partial charge on any atom is -0.195 e. The topological polar surface area (TPSA) is 40.6 Å². The molecule has 0 aromatic rings. The third-order valence-corrected chi connectivity index (χ3v) is 6.06. The smallest absolute Gasteiger partial charge is 0.195 e. The fraction of sp³-hybridized carbons (Fsp3) is 1.00. The first-order chi connectivity index (χ1) is 8.80. The average molecular weight is 311 g/mol. The first kappa shape index (κ1) is 17.2. The van der Waals surface area contributed by atoms with Crippen LogP contribution in [0.2, 0.25) is 0 Å². The predicted molar refractivity (Wildman–Crippen MR) is 80.7 cm³/mol. The van der Waals surface area contributed by atoms with Crippen LogP contribution in [0.1, 0.15) is 47.0 Å². The minimum absolute atomic E-state index is 0.0229. The van der Waals surface area contributed by atoms with Gasteiger partial charge in [-0.05, 0) is 32.6 Å². The molecule has 1 unspecified atom stereocenters. The van der Waals surface area contributed by atoms with E-state index < -0.39 is 10.2 Å². The van der Waals surface area contributed by atoms with Crippen LogP contribution in [0.15, 0.2) is 0 Å². The Morgan fingerprint density at radius 3 is 2.37 bits per heavy atom. The van der Waals surface area contributed by atoms with Crippen LogP contribution in [0.5, 0.6) is 0 Å². The molecule has 19 heavy (non-hydrogen) atoms. The maximum absolute atomic E-state index is 12.8. The quantitative estimate of drug-likeness (QED) is 0.708. The lowest BCUT2D eigenvalue weighted by molar-refractivity contribution is 0.228. The van der Waals surface area contributed by atoms with Gasteiger partial charge in [-0.3, -0.25) is 0 Å². The second-order valence-corrected chi connectivity index (χ2v) is 8.12. The number of hydrogen-bond donors (Lipinski definition) is 0. The van der Waals surface area contributed by atoms with E-state index in [4.69, 9.17) is 11.6 Å².